The molecular formula is C22H27FN2O3. The lowest BCUT2D eigenvalue weighted by molar-refractivity contribution is -0.137. The summed E-state index contributed by atoms with van der Waals surface area (Å²) in [5, 5.41) is 8.79. The van der Waals surface area contributed by atoms with Crippen LogP contribution in [0.3, 0.4) is 0 Å². The molecule has 150 valence electrons. The Bertz CT molecular complexity index is 731. The summed E-state index contributed by atoms with van der Waals surface area (Å²) in [6.07, 6.45) is -0.0295. The van der Waals surface area contributed by atoms with Gasteiger partial charge in [-0.2, -0.15) is 0 Å². The Kier molecular flexibility index (Phi) is 7.54. The predicted octanol–water partition coefficient (Wildman–Crippen LogP) is 3.02. The van der Waals surface area contributed by atoms with Gasteiger partial charge in [0.2, 0.25) is 0 Å². The number of carboxylic acids is 1. The molecule has 2 aromatic rings. The predicted molar refractivity (Wildman–Crippen MR) is 106 cm³/mol. The summed E-state index contributed by atoms with van der Waals surface area (Å²) in [5.74, 6) is -1.00. The number of piperazine rings is 1. The number of benzene rings is 2. The van der Waals surface area contributed by atoms with Crippen LogP contribution >= 0.6 is 0 Å². The summed E-state index contributed by atoms with van der Waals surface area (Å²) >= 11 is 0. The molecule has 0 bridgehead atoms. The SMILES string of the molecule is O=C(O)CCN1CCN(CCOC(c2ccccc2)c2ccc(F)cc2)CC1. The van der Waals surface area contributed by atoms with E-state index in [1.54, 1.807) is 12.1 Å². The number of ether oxygens (including phenoxy) is 1. The van der Waals surface area contributed by atoms with Crippen LogP contribution in [0.2, 0.25) is 0 Å². The molecule has 1 aliphatic rings. The quantitative estimate of drug-likeness (QED) is 0.718. The van der Waals surface area contributed by atoms with Gasteiger partial charge >= 0.3 is 5.97 Å². The molecule has 6 heteroatoms. The highest BCUT2D eigenvalue weighted by atomic mass is 19.1. The van der Waals surface area contributed by atoms with E-state index in [-0.39, 0.29) is 18.3 Å². The first kappa shape index (κ1) is 20.5. The topological polar surface area (TPSA) is 53.0 Å². The maximum atomic E-state index is 13.3. The van der Waals surface area contributed by atoms with E-state index >= 15 is 0 Å². The van der Waals surface area contributed by atoms with Gasteiger partial charge < -0.3 is 14.7 Å². The van der Waals surface area contributed by atoms with E-state index in [0.717, 1.165) is 43.9 Å². The molecule has 1 atom stereocenters. The fraction of sp³-hybridized carbons (Fsp3) is 0.409. The summed E-state index contributed by atoms with van der Waals surface area (Å²) in [6, 6.07) is 16.4. The van der Waals surface area contributed by atoms with Gasteiger partial charge in [0.05, 0.1) is 13.0 Å². The number of aliphatic carboxylic acids is 1. The van der Waals surface area contributed by atoms with Crippen LogP contribution in [0.15, 0.2) is 54.6 Å². The van der Waals surface area contributed by atoms with Gasteiger partial charge in [-0.15, -0.1) is 0 Å². The van der Waals surface area contributed by atoms with Gasteiger partial charge in [0.15, 0.2) is 0 Å². The zero-order chi connectivity index (χ0) is 19.8. The van der Waals surface area contributed by atoms with Crippen LogP contribution in [0.1, 0.15) is 23.7 Å². The average molecular weight is 386 g/mol. The smallest absolute Gasteiger partial charge is 0.304 e. The molecule has 5 nitrogen and oxygen atoms in total. The van der Waals surface area contributed by atoms with E-state index < -0.39 is 5.97 Å². The van der Waals surface area contributed by atoms with Crippen LogP contribution < -0.4 is 0 Å². The van der Waals surface area contributed by atoms with Crippen molar-refractivity contribution >= 4 is 5.97 Å². The molecule has 1 fully saturated rings. The van der Waals surface area contributed by atoms with Crippen LogP contribution in [-0.4, -0.2) is 66.8 Å². The molecule has 1 heterocycles. The van der Waals surface area contributed by atoms with Crippen molar-refractivity contribution in [3.05, 3.63) is 71.5 Å². The van der Waals surface area contributed by atoms with E-state index in [9.17, 15) is 9.18 Å². The van der Waals surface area contributed by atoms with Gasteiger partial charge in [-0.05, 0) is 23.3 Å². The molecule has 1 unspecified atom stereocenters. The van der Waals surface area contributed by atoms with E-state index in [0.29, 0.717) is 13.2 Å². The highest BCUT2D eigenvalue weighted by molar-refractivity contribution is 5.66. The minimum Gasteiger partial charge on any atom is -0.481 e. The average Bonchev–Trinajstić information content (AvgIpc) is 2.72. The summed E-state index contributed by atoms with van der Waals surface area (Å²) in [7, 11) is 0. The molecule has 0 amide bonds. The van der Waals surface area contributed by atoms with Crippen molar-refractivity contribution in [1.82, 2.24) is 9.80 Å². The first-order valence-corrected chi connectivity index (χ1v) is 9.70. The van der Waals surface area contributed by atoms with Gasteiger partial charge in [-0.3, -0.25) is 9.69 Å². The Morgan fingerprint density at radius 3 is 2.11 bits per heavy atom. The van der Waals surface area contributed by atoms with Gasteiger partial charge in [0.25, 0.3) is 0 Å². The molecule has 0 aromatic heterocycles. The van der Waals surface area contributed by atoms with Crippen molar-refractivity contribution in [2.24, 2.45) is 0 Å². The summed E-state index contributed by atoms with van der Waals surface area (Å²) in [4.78, 5) is 15.2. The molecule has 0 radical (unpaired) electrons. The number of halogens is 1. The van der Waals surface area contributed by atoms with E-state index in [1.165, 1.54) is 12.1 Å². The van der Waals surface area contributed by atoms with Crippen LogP contribution in [0.5, 0.6) is 0 Å². The number of hydrogen-bond acceptors (Lipinski definition) is 4. The second-order valence-corrected chi connectivity index (χ2v) is 7.04. The zero-order valence-electron chi connectivity index (χ0n) is 16.0. The maximum Gasteiger partial charge on any atom is 0.304 e. The molecule has 2 aromatic carbocycles. The van der Waals surface area contributed by atoms with Crippen LogP contribution in [0.25, 0.3) is 0 Å². The third-order valence-corrected chi connectivity index (χ3v) is 5.07. The third kappa shape index (κ3) is 6.12. The van der Waals surface area contributed by atoms with Crippen molar-refractivity contribution in [2.75, 3.05) is 45.9 Å². The third-order valence-electron chi connectivity index (χ3n) is 5.07. The Morgan fingerprint density at radius 1 is 0.929 bits per heavy atom. The van der Waals surface area contributed by atoms with Gasteiger partial charge in [-0.1, -0.05) is 42.5 Å². The molecule has 0 aliphatic carbocycles. The standard InChI is InChI=1S/C22H27FN2O3/c23-20-8-6-19(7-9-20)22(18-4-2-1-3-5-18)28-17-16-25-14-12-24(13-15-25)11-10-21(26)27/h1-9,22H,10-17H2,(H,26,27). The summed E-state index contributed by atoms with van der Waals surface area (Å²) in [6.45, 7) is 5.59. The first-order valence-electron chi connectivity index (χ1n) is 9.70. The lowest BCUT2D eigenvalue weighted by Crippen LogP contribution is -2.47. The minimum absolute atomic E-state index is 0.194. The second-order valence-electron chi connectivity index (χ2n) is 7.04. The number of nitrogens with zero attached hydrogens (tertiary/aromatic N) is 2. The van der Waals surface area contributed by atoms with Crippen molar-refractivity contribution in [1.29, 1.82) is 0 Å². The van der Waals surface area contributed by atoms with Crippen molar-refractivity contribution < 1.29 is 19.0 Å². The Labute approximate surface area is 165 Å². The van der Waals surface area contributed by atoms with Crippen LogP contribution in [-0.2, 0) is 9.53 Å². The van der Waals surface area contributed by atoms with Crippen molar-refractivity contribution in [2.45, 2.75) is 12.5 Å². The monoisotopic (exact) mass is 386 g/mol. The van der Waals surface area contributed by atoms with E-state index in [2.05, 4.69) is 9.80 Å². The number of carboxylic acid groups (broad SMARTS) is 1. The lowest BCUT2D eigenvalue weighted by atomic mass is 10.0. The number of hydrogen-bond donors (Lipinski definition) is 1. The molecule has 1 N–H and O–H groups in total. The van der Waals surface area contributed by atoms with Gasteiger partial charge in [0, 0.05) is 39.3 Å². The Hall–Kier alpha value is -2.28. The van der Waals surface area contributed by atoms with Crippen molar-refractivity contribution in [3.63, 3.8) is 0 Å². The van der Waals surface area contributed by atoms with Crippen LogP contribution in [0.4, 0.5) is 4.39 Å². The van der Waals surface area contributed by atoms with Crippen LogP contribution in [0, 0.1) is 5.82 Å². The zero-order valence-corrected chi connectivity index (χ0v) is 16.0. The molecule has 0 spiro atoms. The fourth-order valence-electron chi connectivity index (χ4n) is 3.44. The second kappa shape index (κ2) is 10.3. The Morgan fingerprint density at radius 2 is 1.50 bits per heavy atom. The largest absolute Gasteiger partial charge is 0.481 e. The molecule has 0 saturated carbocycles. The number of rotatable bonds is 9. The van der Waals surface area contributed by atoms with Crippen molar-refractivity contribution in [3.8, 4) is 0 Å². The normalized spacial score (nSPS) is 16.8. The molecule has 3 rings (SSSR count). The molecule has 1 saturated heterocycles. The molecule has 28 heavy (non-hydrogen) atoms. The minimum atomic E-state index is -0.747. The summed E-state index contributed by atoms with van der Waals surface area (Å²) < 4.78 is 19.5. The van der Waals surface area contributed by atoms with E-state index in [1.807, 2.05) is 30.3 Å². The Balaban J connectivity index is 1.51. The fourth-order valence-corrected chi connectivity index (χ4v) is 3.44. The molecule has 1 aliphatic heterocycles. The van der Waals surface area contributed by atoms with E-state index in [4.69, 9.17) is 9.84 Å². The summed E-state index contributed by atoms with van der Waals surface area (Å²) in [5.41, 5.74) is 1.98. The first-order chi connectivity index (χ1) is 13.6. The van der Waals surface area contributed by atoms with Gasteiger partial charge in [0.1, 0.15) is 11.9 Å². The highest BCUT2D eigenvalue weighted by Crippen LogP contribution is 2.26. The number of carbonyl (C=O) groups is 1. The maximum absolute atomic E-state index is 13.3. The van der Waals surface area contributed by atoms with Gasteiger partial charge in [-0.25, -0.2) is 4.39 Å². The highest BCUT2D eigenvalue weighted by Gasteiger charge is 2.19. The lowest BCUT2D eigenvalue weighted by Gasteiger charge is -2.34. The molecular weight excluding hydrogens is 359 g/mol.